The van der Waals surface area contributed by atoms with Crippen LogP contribution in [-0.2, 0) is 4.79 Å². The summed E-state index contributed by atoms with van der Waals surface area (Å²) in [5, 5.41) is 6.45. The Morgan fingerprint density at radius 3 is 2.86 bits per heavy atom. The second-order valence-electron chi connectivity index (χ2n) is 5.41. The Morgan fingerprint density at radius 1 is 1.52 bits per heavy atom. The molecular weight excluding hydrogens is 282 g/mol. The molecule has 1 aliphatic rings. The molecule has 0 radical (unpaired) electrons. The smallest absolute Gasteiger partial charge is 0.254 e. The van der Waals surface area contributed by atoms with Crippen LogP contribution >= 0.6 is 0 Å². The average Bonchev–Trinajstić information content (AvgIpc) is 2.85. The first kappa shape index (κ1) is 15.4. The molecule has 1 saturated heterocycles. The van der Waals surface area contributed by atoms with Gasteiger partial charge < -0.3 is 10.6 Å². The highest BCUT2D eigenvalue weighted by molar-refractivity contribution is 5.94. The zero-order valence-corrected chi connectivity index (χ0v) is 11.7. The lowest BCUT2D eigenvalue weighted by Gasteiger charge is -2.36. The standard InChI is InChI=1S/C13H18F2N4O2/c1-13(14,15)6-10(20)19-5-3-2-4-9(19)11-8(12(16)21)7-17-18-11/h7,9H,2-6H2,1H3,(H2,16,21)(H,17,18). The Bertz CT molecular complexity index is 539. The first-order valence-corrected chi connectivity index (χ1v) is 6.80. The van der Waals surface area contributed by atoms with Crippen LogP contribution in [0, 0.1) is 0 Å². The maximum Gasteiger partial charge on any atom is 0.254 e. The number of likely N-dealkylation sites (tertiary alicyclic amines) is 1. The SMILES string of the molecule is CC(F)(F)CC(=O)N1CCCCC1c1[nH]ncc1C(N)=O. The van der Waals surface area contributed by atoms with E-state index in [4.69, 9.17) is 5.73 Å². The lowest BCUT2D eigenvalue weighted by Crippen LogP contribution is -2.41. The Kier molecular flexibility index (Phi) is 4.24. The molecule has 8 heteroatoms. The van der Waals surface area contributed by atoms with Crippen LogP contribution in [0.1, 0.15) is 54.7 Å². The van der Waals surface area contributed by atoms with Gasteiger partial charge in [-0.3, -0.25) is 14.7 Å². The van der Waals surface area contributed by atoms with Crippen molar-refractivity contribution in [3.63, 3.8) is 0 Å². The van der Waals surface area contributed by atoms with Crippen molar-refractivity contribution < 1.29 is 18.4 Å². The van der Waals surface area contributed by atoms with E-state index >= 15 is 0 Å². The number of nitrogens with two attached hydrogens (primary N) is 1. The summed E-state index contributed by atoms with van der Waals surface area (Å²) in [6.07, 6.45) is 2.63. The van der Waals surface area contributed by atoms with E-state index in [0.29, 0.717) is 18.7 Å². The molecule has 1 fully saturated rings. The minimum atomic E-state index is -3.06. The fourth-order valence-corrected chi connectivity index (χ4v) is 2.64. The maximum atomic E-state index is 13.1. The average molecular weight is 300 g/mol. The van der Waals surface area contributed by atoms with Gasteiger partial charge in [0.15, 0.2) is 0 Å². The molecule has 0 bridgehead atoms. The molecule has 3 N–H and O–H groups in total. The molecule has 0 aliphatic carbocycles. The van der Waals surface area contributed by atoms with Crippen LogP contribution in [0.5, 0.6) is 0 Å². The molecule has 1 unspecified atom stereocenters. The summed E-state index contributed by atoms with van der Waals surface area (Å²) in [4.78, 5) is 24.9. The van der Waals surface area contributed by atoms with Crippen LogP contribution < -0.4 is 5.73 Å². The first-order chi connectivity index (χ1) is 9.79. The summed E-state index contributed by atoms with van der Waals surface area (Å²) >= 11 is 0. The van der Waals surface area contributed by atoms with Crippen molar-refractivity contribution in [1.82, 2.24) is 15.1 Å². The van der Waals surface area contributed by atoms with Gasteiger partial charge in [0.05, 0.1) is 29.9 Å². The van der Waals surface area contributed by atoms with Gasteiger partial charge in [0.25, 0.3) is 11.8 Å². The largest absolute Gasteiger partial charge is 0.365 e. The van der Waals surface area contributed by atoms with Crippen LogP contribution in [0.15, 0.2) is 6.20 Å². The van der Waals surface area contributed by atoms with Crippen LogP contribution in [0.4, 0.5) is 8.78 Å². The Hall–Kier alpha value is -1.99. The predicted octanol–water partition coefficient (Wildman–Crippen LogP) is 1.61. The molecule has 0 spiro atoms. The van der Waals surface area contributed by atoms with Gasteiger partial charge in [0.2, 0.25) is 5.91 Å². The molecular formula is C13H18F2N4O2. The van der Waals surface area contributed by atoms with Crippen molar-refractivity contribution in [1.29, 1.82) is 0 Å². The number of piperidine rings is 1. The normalized spacial score (nSPS) is 19.6. The van der Waals surface area contributed by atoms with Crippen molar-refractivity contribution in [2.45, 2.75) is 44.6 Å². The van der Waals surface area contributed by atoms with Crippen LogP contribution in [-0.4, -0.2) is 39.4 Å². The third-order valence-electron chi connectivity index (χ3n) is 3.55. The highest BCUT2D eigenvalue weighted by atomic mass is 19.3. The molecule has 1 aromatic rings. The summed E-state index contributed by atoms with van der Waals surface area (Å²) in [5.41, 5.74) is 5.89. The topological polar surface area (TPSA) is 92.1 Å². The molecule has 1 aromatic heterocycles. The van der Waals surface area contributed by atoms with Crippen molar-refractivity contribution in [2.24, 2.45) is 5.73 Å². The van der Waals surface area contributed by atoms with Crippen molar-refractivity contribution >= 4 is 11.8 Å². The number of H-pyrrole nitrogens is 1. The second kappa shape index (κ2) is 5.79. The third kappa shape index (κ3) is 3.56. The molecule has 2 rings (SSSR count). The van der Waals surface area contributed by atoms with Gasteiger partial charge in [-0.05, 0) is 26.2 Å². The van der Waals surface area contributed by atoms with Gasteiger partial charge in [-0.25, -0.2) is 8.78 Å². The van der Waals surface area contributed by atoms with E-state index in [1.807, 2.05) is 0 Å². The van der Waals surface area contributed by atoms with Gasteiger partial charge in [0.1, 0.15) is 0 Å². The van der Waals surface area contributed by atoms with E-state index in [2.05, 4.69) is 10.2 Å². The lowest BCUT2D eigenvalue weighted by atomic mass is 9.96. The van der Waals surface area contributed by atoms with Gasteiger partial charge in [-0.2, -0.15) is 5.10 Å². The van der Waals surface area contributed by atoms with E-state index in [0.717, 1.165) is 19.8 Å². The van der Waals surface area contributed by atoms with Gasteiger partial charge in [-0.15, -0.1) is 0 Å². The van der Waals surface area contributed by atoms with Gasteiger partial charge in [-0.1, -0.05) is 0 Å². The molecule has 0 aromatic carbocycles. The van der Waals surface area contributed by atoms with Crippen LogP contribution in [0.2, 0.25) is 0 Å². The number of primary amides is 1. The summed E-state index contributed by atoms with van der Waals surface area (Å²) < 4.78 is 26.1. The summed E-state index contributed by atoms with van der Waals surface area (Å²) in [6.45, 7) is 1.10. The van der Waals surface area contributed by atoms with E-state index in [9.17, 15) is 18.4 Å². The number of carbonyl (C=O) groups excluding carboxylic acids is 2. The van der Waals surface area contributed by atoms with Gasteiger partial charge >= 0.3 is 0 Å². The van der Waals surface area contributed by atoms with E-state index in [-0.39, 0.29) is 5.56 Å². The number of carbonyl (C=O) groups is 2. The Labute approximate surface area is 120 Å². The van der Waals surface area contributed by atoms with Crippen molar-refractivity contribution in [2.75, 3.05) is 6.54 Å². The molecule has 2 amide bonds. The number of halogens is 2. The van der Waals surface area contributed by atoms with E-state index in [1.165, 1.54) is 11.1 Å². The van der Waals surface area contributed by atoms with E-state index in [1.54, 1.807) is 0 Å². The quantitative estimate of drug-likeness (QED) is 0.884. The zero-order chi connectivity index (χ0) is 15.6. The molecule has 0 saturated carbocycles. The fourth-order valence-electron chi connectivity index (χ4n) is 2.64. The highest BCUT2D eigenvalue weighted by Crippen LogP contribution is 2.33. The van der Waals surface area contributed by atoms with E-state index < -0.39 is 30.2 Å². The van der Waals surface area contributed by atoms with Crippen LogP contribution in [0.25, 0.3) is 0 Å². The lowest BCUT2D eigenvalue weighted by molar-refractivity contribution is -0.141. The summed E-state index contributed by atoms with van der Waals surface area (Å²) in [7, 11) is 0. The number of aromatic nitrogens is 2. The maximum absolute atomic E-state index is 13.1. The van der Waals surface area contributed by atoms with Crippen molar-refractivity contribution in [3.05, 3.63) is 17.5 Å². The fraction of sp³-hybridized carbons (Fsp3) is 0.615. The Morgan fingerprint density at radius 2 is 2.24 bits per heavy atom. The number of alkyl halides is 2. The molecule has 21 heavy (non-hydrogen) atoms. The zero-order valence-electron chi connectivity index (χ0n) is 11.7. The minimum Gasteiger partial charge on any atom is -0.365 e. The van der Waals surface area contributed by atoms with Gasteiger partial charge in [0, 0.05) is 6.54 Å². The van der Waals surface area contributed by atoms with Crippen molar-refractivity contribution in [3.8, 4) is 0 Å². The molecule has 1 atom stereocenters. The number of hydrogen-bond donors (Lipinski definition) is 2. The molecule has 1 aliphatic heterocycles. The number of hydrogen-bond acceptors (Lipinski definition) is 3. The molecule has 116 valence electrons. The second-order valence-corrected chi connectivity index (χ2v) is 5.41. The molecule has 6 nitrogen and oxygen atoms in total. The predicted molar refractivity (Wildman–Crippen MR) is 70.6 cm³/mol. The molecule has 2 heterocycles. The number of nitrogens with zero attached hydrogens (tertiary/aromatic N) is 2. The number of amides is 2. The summed E-state index contributed by atoms with van der Waals surface area (Å²) in [5.74, 6) is -4.34. The highest BCUT2D eigenvalue weighted by Gasteiger charge is 2.35. The number of rotatable bonds is 4. The Balaban J connectivity index is 2.25. The number of nitrogens with one attached hydrogen (secondary N) is 1. The first-order valence-electron chi connectivity index (χ1n) is 6.80. The summed E-state index contributed by atoms with van der Waals surface area (Å²) in [6, 6.07) is -0.460. The minimum absolute atomic E-state index is 0.197. The number of aromatic amines is 1. The van der Waals surface area contributed by atoms with Crippen LogP contribution in [0.3, 0.4) is 0 Å². The third-order valence-corrected chi connectivity index (χ3v) is 3.55. The monoisotopic (exact) mass is 300 g/mol.